The maximum atomic E-state index is 12.4. The number of hydrogen-bond donors (Lipinski definition) is 2. The normalized spacial score (nSPS) is 25.5. The first-order valence-corrected chi connectivity index (χ1v) is 7.14. The number of nitrogens with zero attached hydrogens (tertiary/aromatic N) is 4. The average Bonchev–Trinajstić information content (AvgIpc) is 2.84. The highest BCUT2D eigenvalue weighted by Gasteiger charge is 2.48. The minimum Gasteiger partial charge on any atom is -0.335 e. The fraction of sp³-hybridized carbons (Fsp3) is 0.429. The standard InChI is InChI=1S/C14H16N6O/c21-13-17-8-14(3-1-4-16-7-14)20(13)12-10-6-15-5-2-11(10)18-9-19-12/h2,5-6,9,16H,1,3-4,7-8H2,(H,17,21). The van der Waals surface area contributed by atoms with Crippen LogP contribution in [-0.2, 0) is 0 Å². The van der Waals surface area contributed by atoms with Crippen molar-refractivity contribution in [3.8, 4) is 0 Å². The van der Waals surface area contributed by atoms with Gasteiger partial charge in [-0.3, -0.25) is 9.88 Å². The van der Waals surface area contributed by atoms with Crippen molar-refractivity contribution in [1.29, 1.82) is 0 Å². The van der Waals surface area contributed by atoms with Crippen molar-refractivity contribution in [2.24, 2.45) is 0 Å². The fourth-order valence-electron chi connectivity index (χ4n) is 3.29. The first-order chi connectivity index (χ1) is 10.3. The van der Waals surface area contributed by atoms with Crippen LogP contribution in [0, 0.1) is 0 Å². The van der Waals surface area contributed by atoms with E-state index in [0.29, 0.717) is 12.4 Å². The molecule has 1 unspecified atom stereocenters. The van der Waals surface area contributed by atoms with E-state index in [9.17, 15) is 4.79 Å². The van der Waals surface area contributed by atoms with Gasteiger partial charge in [-0.25, -0.2) is 14.8 Å². The van der Waals surface area contributed by atoms with Crippen LogP contribution < -0.4 is 15.5 Å². The molecule has 2 N–H and O–H groups in total. The summed E-state index contributed by atoms with van der Waals surface area (Å²) in [5, 5.41) is 7.16. The molecule has 1 atom stereocenters. The molecule has 4 rings (SSSR count). The molecule has 0 aliphatic carbocycles. The minimum absolute atomic E-state index is 0.0949. The van der Waals surface area contributed by atoms with Crippen LogP contribution in [-0.4, -0.2) is 46.2 Å². The van der Waals surface area contributed by atoms with Crippen molar-refractivity contribution in [3.05, 3.63) is 24.8 Å². The van der Waals surface area contributed by atoms with Gasteiger partial charge in [0.15, 0.2) is 0 Å². The van der Waals surface area contributed by atoms with Crippen LogP contribution in [0.4, 0.5) is 10.6 Å². The van der Waals surface area contributed by atoms with E-state index in [2.05, 4.69) is 25.6 Å². The van der Waals surface area contributed by atoms with E-state index in [1.54, 1.807) is 17.3 Å². The van der Waals surface area contributed by atoms with E-state index in [4.69, 9.17) is 0 Å². The second kappa shape index (κ2) is 4.63. The Morgan fingerprint density at radius 2 is 2.24 bits per heavy atom. The van der Waals surface area contributed by atoms with Gasteiger partial charge in [0.25, 0.3) is 0 Å². The Labute approximate surface area is 121 Å². The summed E-state index contributed by atoms with van der Waals surface area (Å²) >= 11 is 0. The van der Waals surface area contributed by atoms with Crippen LogP contribution in [0.5, 0.6) is 0 Å². The van der Waals surface area contributed by atoms with Crippen molar-refractivity contribution in [3.63, 3.8) is 0 Å². The number of aromatic nitrogens is 3. The maximum absolute atomic E-state index is 12.4. The number of hydrogen-bond acceptors (Lipinski definition) is 5. The lowest BCUT2D eigenvalue weighted by Crippen LogP contribution is -2.57. The molecule has 2 amide bonds. The lowest BCUT2D eigenvalue weighted by Gasteiger charge is -2.39. The van der Waals surface area contributed by atoms with Crippen LogP contribution >= 0.6 is 0 Å². The summed E-state index contributed by atoms with van der Waals surface area (Å²) in [6, 6.07) is 1.74. The third-order valence-electron chi connectivity index (χ3n) is 4.32. The van der Waals surface area contributed by atoms with Gasteiger partial charge >= 0.3 is 6.03 Å². The number of pyridine rings is 1. The number of carbonyl (C=O) groups is 1. The van der Waals surface area contributed by atoms with Crippen molar-refractivity contribution in [1.82, 2.24) is 25.6 Å². The molecule has 0 radical (unpaired) electrons. The third kappa shape index (κ3) is 1.84. The molecule has 7 heteroatoms. The van der Waals surface area contributed by atoms with Crippen LogP contribution in [0.25, 0.3) is 10.9 Å². The molecule has 2 saturated heterocycles. The van der Waals surface area contributed by atoms with Gasteiger partial charge in [-0.1, -0.05) is 0 Å². The quantitative estimate of drug-likeness (QED) is 0.804. The first kappa shape index (κ1) is 12.5. The van der Waals surface area contributed by atoms with E-state index in [-0.39, 0.29) is 11.6 Å². The molecule has 2 aliphatic rings. The zero-order valence-electron chi connectivity index (χ0n) is 11.5. The van der Waals surface area contributed by atoms with Gasteiger partial charge < -0.3 is 10.6 Å². The van der Waals surface area contributed by atoms with Gasteiger partial charge in [0.2, 0.25) is 0 Å². The largest absolute Gasteiger partial charge is 0.335 e. The highest BCUT2D eigenvalue weighted by atomic mass is 16.2. The summed E-state index contributed by atoms with van der Waals surface area (Å²) in [7, 11) is 0. The predicted molar refractivity (Wildman–Crippen MR) is 78.0 cm³/mol. The van der Waals surface area contributed by atoms with Crippen molar-refractivity contribution in [2.75, 3.05) is 24.5 Å². The third-order valence-corrected chi connectivity index (χ3v) is 4.32. The number of nitrogens with one attached hydrogen (secondary N) is 2. The Balaban J connectivity index is 1.87. The van der Waals surface area contributed by atoms with Crippen LogP contribution in [0.2, 0.25) is 0 Å². The summed E-state index contributed by atoms with van der Waals surface area (Å²) in [6.45, 7) is 2.41. The molecule has 2 aromatic rings. The number of rotatable bonds is 1. The highest BCUT2D eigenvalue weighted by molar-refractivity contribution is 6.02. The number of carbonyl (C=O) groups excluding carboxylic acids is 1. The molecule has 2 aromatic heterocycles. The van der Waals surface area contributed by atoms with Crippen molar-refractivity contribution >= 4 is 22.8 Å². The van der Waals surface area contributed by atoms with Crippen LogP contribution in [0.15, 0.2) is 24.8 Å². The number of fused-ring (bicyclic) bond motifs is 1. The minimum atomic E-state index is -0.244. The summed E-state index contributed by atoms with van der Waals surface area (Å²) in [5.74, 6) is 0.645. The SMILES string of the molecule is O=C1NCC2(CCCNC2)N1c1ncnc2ccncc12. The zero-order valence-corrected chi connectivity index (χ0v) is 11.5. The molecule has 2 fully saturated rings. The van der Waals surface area contributed by atoms with Gasteiger partial charge in [0.05, 0.1) is 16.4 Å². The maximum Gasteiger partial charge on any atom is 0.323 e. The highest BCUT2D eigenvalue weighted by Crippen LogP contribution is 2.34. The average molecular weight is 284 g/mol. The molecule has 4 heterocycles. The summed E-state index contributed by atoms with van der Waals surface area (Å²) in [5.41, 5.74) is 0.556. The van der Waals surface area contributed by atoms with Crippen LogP contribution in [0.3, 0.4) is 0 Å². The molecule has 2 aliphatic heterocycles. The van der Waals surface area contributed by atoms with Gasteiger partial charge in [0, 0.05) is 25.5 Å². The number of amides is 2. The second-order valence-corrected chi connectivity index (χ2v) is 5.59. The second-order valence-electron chi connectivity index (χ2n) is 5.59. The van der Waals surface area contributed by atoms with Gasteiger partial charge in [-0.15, -0.1) is 0 Å². The van der Waals surface area contributed by atoms with Gasteiger partial charge in [-0.2, -0.15) is 0 Å². The Hall–Kier alpha value is -2.28. The number of piperidine rings is 1. The molecule has 0 saturated carbocycles. The topological polar surface area (TPSA) is 83.0 Å². The number of anilines is 1. The van der Waals surface area contributed by atoms with E-state index >= 15 is 0 Å². The molecule has 21 heavy (non-hydrogen) atoms. The molecular formula is C14H16N6O. The monoisotopic (exact) mass is 284 g/mol. The van der Waals surface area contributed by atoms with Crippen molar-refractivity contribution < 1.29 is 4.79 Å². The first-order valence-electron chi connectivity index (χ1n) is 7.14. The fourth-order valence-corrected chi connectivity index (χ4v) is 3.29. The lowest BCUT2D eigenvalue weighted by atomic mass is 9.89. The molecular weight excluding hydrogens is 268 g/mol. The Morgan fingerprint density at radius 3 is 3.10 bits per heavy atom. The van der Waals surface area contributed by atoms with Crippen molar-refractivity contribution in [2.45, 2.75) is 18.4 Å². The lowest BCUT2D eigenvalue weighted by molar-refractivity contribution is 0.248. The summed E-state index contributed by atoms with van der Waals surface area (Å²) < 4.78 is 0. The molecule has 0 bridgehead atoms. The Morgan fingerprint density at radius 1 is 1.29 bits per heavy atom. The Kier molecular flexibility index (Phi) is 2.75. The van der Waals surface area contributed by atoms with Crippen LogP contribution in [0.1, 0.15) is 12.8 Å². The number of urea groups is 1. The predicted octanol–water partition coefficient (Wildman–Crippen LogP) is 0.677. The molecule has 7 nitrogen and oxygen atoms in total. The smallest absolute Gasteiger partial charge is 0.323 e. The molecule has 0 aromatic carbocycles. The molecule has 1 spiro atoms. The van der Waals surface area contributed by atoms with Gasteiger partial charge in [-0.05, 0) is 25.5 Å². The van der Waals surface area contributed by atoms with E-state index in [0.717, 1.165) is 36.8 Å². The van der Waals surface area contributed by atoms with E-state index in [1.165, 1.54) is 6.33 Å². The summed E-state index contributed by atoms with van der Waals surface area (Å²) in [6.07, 6.45) is 6.94. The van der Waals surface area contributed by atoms with E-state index < -0.39 is 0 Å². The zero-order chi connectivity index (χ0) is 14.3. The molecule has 108 valence electrons. The van der Waals surface area contributed by atoms with Gasteiger partial charge in [0.1, 0.15) is 12.1 Å². The van der Waals surface area contributed by atoms with E-state index in [1.807, 2.05) is 6.07 Å². The summed E-state index contributed by atoms with van der Waals surface area (Å²) in [4.78, 5) is 27.0. The Bertz CT molecular complexity index is 691.